The molecular formula is C17H30N2O2. The van der Waals surface area contributed by atoms with E-state index < -0.39 is 0 Å². The lowest BCUT2D eigenvalue weighted by atomic mass is 9.96. The molecule has 1 aromatic carbocycles. The predicted molar refractivity (Wildman–Crippen MR) is 87.5 cm³/mol. The first-order chi connectivity index (χ1) is 10.1. The van der Waals surface area contributed by atoms with Crippen LogP contribution in [-0.2, 0) is 0 Å². The minimum absolute atomic E-state index is 0.00875. The Bertz CT molecular complexity index is 388. The highest BCUT2D eigenvalue weighted by Crippen LogP contribution is 2.28. The standard InChI is InChI=1S/C17H30N2O2/c1-5-15(6-2)19(11-12-20)17(13(3)18)14-7-9-16(21-4)10-8-14/h7-10,13,15,17,20H,5-6,11-12,18H2,1-4H3. The van der Waals surface area contributed by atoms with Crippen LogP contribution in [0.2, 0.25) is 0 Å². The zero-order chi connectivity index (χ0) is 15.8. The van der Waals surface area contributed by atoms with Crippen LogP contribution in [0.5, 0.6) is 5.75 Å². The SMILES string of the molecule is CCC(CC)N(CCO)C(c1ccc(OC)cc1)C(C)N. The monoisotopic (exact) mass is 294 g/mol. The van der Waals surface area contributed by atoms with E-state index in [2.05, 4.69) is 30.9 Å². The largest absolute Gasteiger partial charge is 0.497 e. The number of methoxy groups -OCH3 is 1. The van der Waals surface area contributed by atoms with Crippen molar-refractivity contribution < 1.29 is 9.84 Å². The second kappa shape index (κ2) is 9.03. The van der Waals surface area contributed by atoms with Crippen LogP contribution < -0.4 is 10.5 Å². The Morgan fingerprint density at radius 1 is 1.19 bits per heavy atom. The molecule has 0 heterocycles. The molecule has 0 spiro atoms. The molecule has 0 fully saturated rings. The van der Waals surface area contributed by atoms with Crippen LogP contribution in [-0.4, -0.2) is 42.4 Å². The predicted octanol–water partition coefficient (Wildman–Crippen LogP) is 2.57. The number of hydrogen-bond acceptors (Lipinski definition) is 4. The molecule has 3 N–H and O–H groups in total. The quantitative estimate of drug-likeness (QED) is 0.735. The second-order valence-corrected chi connectivity index (χ2v) is 5.51. The van der Waals surface area contributed by atoms with E-state index in [0.29, 0.717) is 12.6 Å². The van der Waals surface area contributed by atoms with Gasteiger partial charge in [0.25, 0.3) is 0 Å². The highest BCUT2D eigenvalue weighted by atomic mass is 16.5. The number of nitrogens with two attached hydrogens (primary N) is 1. The van der Waals surface area contributed by atoms with Gasteiger partial charge in [-0.05, 0) is 37.5 Å². The van der Waals surface area contributed by atoms with E-state index in [4.69, 9.17) is 10.5 Å². The fraction of sp³-hybridized carbons (Fsp3) is 0.647. The molecule has 21 heavy (non-hydrogen) atoms. The molecule has 0 saturated heterocycles. The third-order valence-electron chi connectivity index (χ3n) is 4.08. The van der Waals surface area contributed by atoms with E-state index in [1.54, 1.807) is 7.11 Å². The van der Waals surface area contributed by atoms with Crippen molar-refractivity contribution in [3.05, 3.63) is 29.8 Å². The Balaban J connectivity index is 3.10. The first kappa shape index (κ1) is 18.0. The van der Waals surface area contributed by atoms with E-state index >= 15 is 0 Å². The molecule has 0 bridgehead atoms. The molecule has 0 aliphatic carbocycles. The number of ether oxygens (including phenoxy) is 1. The summed E-state index contributed by atoms with van der Waals surface area (Å²) in [5, 5.41) is 9.43. The summed E-state index contributed by atoms with van der Waals surface area (Å²) in [6, 6.07) is 8.59. The number of aliphatic hydroxyl groups excluding tert-OH is 1. The van der Waals surface area contributed by atoms with Crippen LogP contribution in [0, 0.1) is 0 Å². The lowest BCUT2D eigenvalue weighted by Crippen LogP contribution is -2.46. The molecule has 4 heteroatoms. The maximum Gasteiger partial charge on any atom is 0.118 e. The van der Waals surface area contributed by atoms with Gasteiger partial charge in [0.2, 0.25) is 0 Å². The van der Waals surface area contributed by atoms with Gasteiger partial charge in [-0.1, -0.05) is 26.0 Å². The summed E-state index contributed by atoms with van der Waals surface area (Å²) in [5.41, 5.74) is 7.44. The normalized spacial score (nSPS) is 14.5. The Morgan fingerprint density at radius 3 is 2.14 bits per heavy atom. The summed E-state index contributed by atoms with van der Waals surface area (Å²) in [6.07, 6.45) is 2.10. The summed E-state index contributed by atoms with van der Waals surface area (Å²) in [5.74, 6) is 0.846. The smallest absolute Gasteiger partial charge is 0.118 e. The second-order valence-electron chi connectivity index (χ2n) is 5.51. The Labute approximate surface area is 128 Å². The van der Waals surface area contributed by atoms with Crippen LogP contribution in [0.1, 0.15) is 45.2 Å². The molecule has 0 radical (unpaired) electrons. The molecule has 4 nitrogen and oxygen atoms in total. The molecule has 2 atom stereocenters. The third kappa shape index (κ3) is 4.70. The van der Waals surface area contributed by atoms with E-state index in [9.17, 15) is 5.11 Å². The summed E-state index contributed by atoms with van der Waals surface area (Å²) in [7, 11) is 1.67. The van der Waals surface area contributed by atoms with Gasteiger partial charge in [-0.3, -0.25) is 4.90 Å². The van der Waals surface area contributed by atoms with Gasteiger partial charge < -0.3 is 15.6 Å². The number of rotatable bonds is 9. The van der Waals surface area contributed by atoms with Crippen molar-refractivity contribution in [2.75, 3.05) is 20.3 Å². The lowest BCUT2D eigenvalue weighted by Gasteiger charge is -2.39. The van der Waals surface area contributed by atoms with Crippen molar-refractivity contribution in [2.45, 2.75) is 51.7 Å². The zero-order valence-corrected chi connectivity index (χ0v) is 13.7. The van der Waals surface area contributed by atoms with Crippen molar-refractivity contribution in [3.8, 4) is 5.75 Å². The van der Waals surface area contributed by atoms with Crippen LogP contribution in [0.4, 0.5) is 0 Å². The number of benzene rings is 1. The van der Waals surface area contributed by atoms with Gasteiger partial charge in [0.05, 0.1) is 13.7 Å². The molecule has 0 amide bonds. The fourth-order valence-electron chi connectivity index (χ4n) is 3.02. The van der Waals surface area contributed by atoms with Crippen molar-refractivity contribution in [1.29, 1.82) is 0 Å². The first-order valence-corrected chi connectivity index (χ1v) is 7.85. The third-order valence-corrected chi connectivity index (χ3v) is 4.08. The Kier molecular flexibility index (Phi) is 7.72. The summed E-state index contributed by atoms with van der Waals surface area (Å²) in [6.45, 7) is 7.19. The zero-order valence-electron chi connectivity index (χ0n) is 13.7. The van der Waals surface area contributed by atoms with E-state index in [0.717, 1.165) is 18.6 Å². The van der Waals surface area contributed by atoms with Gasteiger partial charge in [-0.15, -0.1) is 0 Å². The average Bonchev–Trinajstić information content (AvgIpc) is 2.49. The molecule has 0 aliphatic heterocycles. The van der Waals surface area contributed by atoms with Gasteiger partial charge in [-0.25, -0.2) is 0 Å². The summed E-state index contributed by atoms with van der Waals surface area (Å²) in [4.78, 5) is 2.34. The summed E-state index contributed by atoms with van der Waals surface area (Å²) >= 11 is 0. The highest BCUT2D eigenvalue weighted by molar-refractivity contribution is 5.30. The molecule has 120 valence electrons. The van der Waals surface area contributed by atoms with E-state index in [1.165, 1.54) is 5.56 Å². The van der Waals surface area contributed by atoms with Gasteiger partial charge in [0.1, 0.15) is 5.75 Å². The molecule has 1 aromatic rings. The maximum absolute atomic E-state index is 9.43. The molecule has 0 aliphatic rings. The maximum atomic E-state index is 9.43. The Hall–Kier alpha value is -1.10. The number of nitrogens with zero attached hydrogens (tertiary/aromatic N) is 1. The van der Waals surface area contributed by atoms with Crippen molar-refractivity contribution in [1.82, 2.24) is 4.90 Å². The van der Waals surface area contributed by atoms with Crippen molar-refractivity contribution in [2.24, 2.45) is 5.73 Å². The van der Waals surface area contributed by atoms with E-state index in [-0.39, 0.29) is 18.7 Å². The van der Waals surface area contributed by atoms with E-state index in [1.807, 2.05) is 19.1 Å². The first-order valence-electron chi connectivity index (χ1n) is 7.85. The lowest BCUT2D eigenvalue weighted by molar-refractivity contribution is 0.0852. The average molecular weight is 294 g/mol. The molecule has 0 aromatic heterocycles. The molecule has 0 saturated carbocycles. The molecule has 1 rings (SSSR count). The van der Waals surface area contributed by atoms with Gasteiger partial charge in [0, 0.05) is 24.7 Å². The van der Waals surface area contributed by atoms with Gasteiger partial charge >= 0.3 is 0 Å². The van der Waals surface area contributed by atoms with Crippen LogP contribution in [0.3, 0.4) is 0 Å². The van der Waals surface area contributed by atoms with Crippen molar-refractivity contribution in [3.63, 3.8) is 0 Å². The number of aliphatic hydroxyl groups is 1. The fourth-order valence-corrected chi connectivity index (χ4v) is 3.02. The number of hydrogen-bond donors (Lipinski definition) is 2. The molecular weight excluding hydrogens is 264 g/mol. The topological polar surface area (TPSA) is 58.7 Å². The van der Waals surface area contributed by atoms with Gasteiger partial charge in [0.15, 0.2) is 0 Å². The molecule has 2 unspecified atom stereocenters. The minimum Gasteiger partial charge on any atom is -0.497 e. The highest BCUT2D eigenvalue weighted by Gasteiger charge is 2.28. The van der Waals surface area contributed by atoms with Crippen molar-refractivity contribution >= 4 is 0 Å². The Morgan fingerprint density at radius 2 is 1.76 bits per heavy atom. The summed E-state index contributed by atoms with van der Waals surface area (Å²) < 4.78 is 5.22. The minimum atomic E-state index is -0.00875. The van der Waals surface area contributed by atoms with Crippen LogP contribution in [0.25, 0.3) is 0 Å². The van der Waals surface area contributed by atoms with Crippen LogP contribution >= 0.6 is 0 Å². The van der Waals surface area contributed by atoms with Crippen LogP contribution in [0.15, 0.2) is 24.3 Å². The van der Waals surface area contributed by atoms with Gasteiger partial charge in [-0.2, -0.15) is 0 Å².